The molecule has 5 aliphatic rings. The minimum Gasteiger partial charge on any atom is -0.497 e. The van der Waals surface area contributed by atoms with Gasteiger partial charge in [-0.2, -0.15) is 4.89 Å². The lowest BCUT2D eigenvalue weighted by Crippen LogP contribution is -2.76. The highest BCUT2D eigenvalue weighted by atomic mass is 31.2. The molecular weight excluding hydrogens is 387 g/mol. The second-order valence-corrected chi connectivity index (χ2v) is 9.73. The Labute approximate surface area is 163 Å². The van der Waals surface area contributed by atoms with Crippen LogP contribution in [0.5, 0.6) is 11.5 Å². The van der Waals surface area contributed by atoms with Gasteiger partial charge < -0.3 is 14.0 Å². The summed E-state index contributed by atoms with van der Waals surface area (Å²) in [7, 11) is -1.65. The number of hydrogen-bond donors (Lipinski definition) is 2. The van der Waals surface area contributed by atoms with Crippen LogP contribution in [0.25, 0.3) is 0 Å². The van der Waals surface area contributed by atoms with Gasteiger partial charge in [0, 0.05) is 18.7 Å². The first-order chi connectivity index (χ1) is 13.3. The summed E-state index contributed by atoms with van der Waals surface area (Å²) >= 11 is 0. The Morgan fingerprint density at radius 1 is 0.964 bits per heavy atom. The first-order valence-corrected chi connectivity index (χ1v) is 11.2. The van der Waals surface area contributed by atoms with Gasteiger partial charge in [-0.1, -0.05) is 0 Å². The van der Waals surface area contributed by atoms with E-state index in [9.17, 15) is 14.4 Å². The Kier molecular flexibility index (Phi) is 4.16. The van der Waals surface area contributed by atoms with Crippen molar-refractivity contribution in [3.05, 3.63) is 23.8 Å². The van der Waals surface area contributed by atoms with E-state index in [0.29, 0.717) is 23.1 Å². The van der Waals surface area contributed by atoms with Gasteiger partial charge in [-0.15, -0.1) is 0 Å². The predicted molar refractivity (Wildman–Crippen MR) is 96.3 cm³/mol. The molecule has 154 valence electrons. The molecule has 1 saturated heterocycles. The smallest absolute Gasteiger partial charge is 0.497 e. The summed E-state index contributed by atoms with van der Waals surface area (Å²) in [6.07, 6.45) is 5.69. The van der Waals surface area contributed by atoms with Crippen LogP contribution in [0.15, 0.2) is 18.2 Å². The Bertz CT molecular complexity index is 803. The second-order valence-electron chi connectivity index (χ2n) is 8.56. The van der Waals surface area contributed by atoms with E-state index in [0.717, 1.165) is 37.5 Å². The maximum absolute atomic E-state index is 11.4. The van der Waals surface area contributed by atoms with Gasteiger partial charge in [-0.3, -0.25) is 9.79 Å². The molecule has 6 rings (SSSR count). The molecule has 1 aromatic rings. The van der Waals surface area contributed by atoms with E-state index in [1.54, 1.807) is 19.2 Å². The fourth-order valence-electron chi connectivity index (χ4n) is 6.43. The van der Waals surface area contributed by atoms with Gasteiger partial charge in [-0.25, -0.2) is 9.45 Å². The minimum absolute atomic E-state index is 0.00595. The summed E-state index contributed by atoms with van der Waals surface area (Å²) < 4.78 is 27.5. The van der Waals surface area contributed by atoms with Crippen LogP contribution < -0.4 is 9.26 Å². The maximum Gasteiger partial charge on any atom is 0.524 e. The molecule has 9 heteroatoms. The molecule has 0 radical (unpaired) electrons. The van der Waals surface area contributed by atoms with Crippen LogP contribution in [0.4, 0.5) is 0 Å². The lowest BCUT2D eigenvalue weighted by atomic mass is 9.47. The van der Waals surface area contributed by atoms with Crippen molar-refractivity contribution >= 4 is 7.82 Å². The predicted octanol–water partition coefficient (Wildman–Crippen LogP) is 3.12. The van der Waals surface area contributed by atoms with Gasteiger partial charge in [0.25, 0.3) is 5.79 Å². The van der Waals surface area contributed by atoms with Crippen molar-refractivity contribution in [3.63, 3.8) is 0 Å². The van der Waals surface area contributed by atoms with E-state index in [4.69, 9.17) is 23.8 Å². The topological polar surface area (TPSA) is 104 Å². The van der Waals surface area contributed by atoms with Crippen LogP contribution in [0, 0.1) is 23.7 Å². The molecule has 1 atom stereocenters. The first kappa shape index (κ1) is 18.9. The van der Waals surface area contributed by atoms with Crippen LogP contribution >= 0.6 is 7.82 Å². The molecule has 4 aliphatic carbocycles. The standard InChI is InChI=1S/C19H25O8P/c1-23-16-8-15(9-17(10-16)25-28(20,21)22)19(24-2)18(26-27-19)13-4-11-3-12(6-13)7-14(18)5-11/h8-14H,3-7H2,1-2H3,(H2,20,21,22). The molecule has 5 fully saturated rings. The summed E-state index contributed by atoms with van der Waals surface area (Å²) in [5.41, 5.74) is -0.0162. The normalized spacial score (nSPS) is 41.1. The van der Waals surface area contributed by atoms with Gasteiger partial charge in [-0.05, 0) is 67.9 Å². The number of phosphoric ester groups is 1. The number of ether oxygens (including phenoxy) is 2. The van der Waals surface area contributed by atoms with Gasteiger partial charge >= 0.3 is 7.82 Å². The third-order valence-corrected chi connectivity index (χ3v) is 7.62. The average Bonchev–Trinajstić information content (AvgIpc) is 2.59. The van der Waals surface area contributed by atoms with E-state index in [1.165, 1.54) is 19.6 Å². The van der Waals surface area contributed by atoms with Crippen LogP contribution in [0.2, 0.25) is 0 Å². The van der Waals surface area contributed by atoms with E-state index in [2.05, 4.69) is 0 Å². The molecule has 4 saturated carbocycles. The van der Waals surface area contributed by atoms with Crippen LogP contribution in [0.3, 0.4) is 0 Å². The lowest BCUT2D eigenvalue weighted by molar-refractivity contribution is -0.645. The summed E-state index contributed by atoms with van der Waals surface area (Å²) in [4.78, 5) is 30.1. The zero-order valence-corrected chi connectivity index (χ0v) is 16.8. The van der Waals surface area contributed by atoms with Crippen LogP contribution in [-0.2, 0) is 24.9 Å². The molecule has 8 nitrogen and oxygen atoms in total. The van der Waals surface area contributed by atoms with E-state index >= 15 is 0 Å². The molecular formula is C19H25O8P. The Balaban J connectivity index is 1.59. The van der Waals surface area contributed by atoms with Crippen molar-refractivity contribution < 1.29 is 38.1 Å². The third kappa shape index (κ3) is 2.52. The Hall–Kier alpha value is -1.15. The summed E-state index contributed by atoms with van der Waals surface area (Å²) in [5.74, 6) is 1.37. The van der Waals surface area contributed by atoms with Crippen LogP contribution in [-0.4, -0.2) is 29.6 Å². The number of methoxy groups -OCH3 is 2. The lowest BCUT2D eigenvalue weighted by Gasteiger charge is -2.68. The summed E-state index contributed by atoms with van der Waals surface area (Å²) in [6.45, 7) is 0. The molecule has 0 amide bonds. The Morgan fingerprint density at radius 2 is 1.57 bits per heavy atom. The number of rotatable bonds is 5. The fourth-order valence-corrected chi connectivity index (χ4v) is 6.81. The molecule has 1 aromatic carbocycles. The first-order valence-electron chi connectivity index (χ1n) is 9.66. The number of benzene rings is 1. The van der Waals surface area contributed by atoms with E-state index < -0.39 is 19.2 Å². The van der Waals surface area contributed by atoms with E-state index in [-0.39, 0.29) is 5.75 Å². The molecule has 0 aromatic heterocycles. The van der Waals surface area contributed by atoms with Crippen molar-refractivity contribution in [3.8, 4) is 11.5 Å². The minimum atomic E-state index is -4.72. The quantitative estimate of drug-likeness (QED) is 0.562. The highest BCUT2D eigenvalue weighted by molar-refractivity contribution is 7.46. The molecule has 28 heavy (non-hydrogen) atoms. The van der Waals surface area contributed by atoms with Crippen molar-refractivity contribution in [2.75, 3.05) is 14.2 Å². The molecule has 1 unspecified atom stereocenters. The molecule has 2 N–H and O–H groups in total. The van der Waals surface area contributed by atoms with Crippen molar-refractivity contribution in [2.24, 2.45) is 23.7 Å². The second kappa shape index (κ2) is 6.17. The molecule has 1 heterocycles. The highest BCUT2D eigenvalue weighted by Gasteiger charge is 2.76. The van der Waals surface area contributed by atoms with Gasteiger partial charge in [0.05, 0.1) is 7.11 Å². The average molecular weight is 412 g/mol. The van der Waals surface area contributed by atoms with Gasteiger partial charge in [0.1, 0.15) is 11.5 Å². The van der Waals surface area contributed by atoms with Gasteiger partial charge in [0.2, 0.25) is 0 Å². The number of hydrogen-bond acceptors (Lipinski definition) is 6. The number of phosphoric acid groups is 1. The molecule has 4 bridgehead atoms. The fraction of sp³-hybridized carbons (Fsp3) is 0.684. The van der Waals surface area contributed by atoms with Gasteiger partial charge in [0.15, 0.2) is 5.60 Å². The van der Waals surface area contributed by atoms with Crippen LogP contribution in [0.1, 0.15) is 37.7 Å². The maximum atomic E-state index is 11.4. The zero-order valence-electron chi connectivity index (χ0n) is 15.9. The van der Waals surface area contributed by atoms with E-state index in [1.807, 2.05) is 0 Å². The highest BCUT2D eigenvalue weighted by Crippen LogP contribution is 2.69. The zero-order chi connectivity index (χ0) is 19.7. The largest absolute Gasteiger partial charge is 0.524 e. The molecule has 1 spiro atoms. The van der Waals surface area contributed by atoms with Crippen molar-refractivity contribution in [1.29, 1.82) is 0 Å². The van der Waals surface area contributed by atoms with Crippen molar-refractivity contribution in [2.45, 2.75) is 43.5 Å². The SMILES string of the molecule is COc1cc(OP(=O)(O)O)cc(C2(OC)OOC23C2CC4CC(C2)CC3C4)c1. The summed E-state index contributed by atoms with van der Waals surface area (Å²) in [6, 6.07) is 4.72. The third-order valence-electron chi connectivity index (χ3n) is 7.17. The molecule has 1 aliphatic heterocycles. The van der Waals surface area contributed by atoms with Crippen molar-refractivity contribution in [1.82, 2.24) is 0 Å². The Morgan fingerprint density at radius 3 is 2.04 bits per heavy atom. The monoisotopic (exact) mass is 412 g/mol. The summed E-state index contributed by atoms with van der Waals surface area (Å²) in [5, 5.41) is 0.